The van der Waals surface area contributed by atoms with Gasteiger partial charge >= 0.3 is 0 Å². The molecule has 1 aromatic heterocycles. The van der Waals surface area contributed by atoms with Crippen molar-refractivity contribution < 1.29 is 5.11 Å². The zero-order valence-corrected chi connectivity index (χ0v) is 23.1. The van der Waals surface area contributed by atoms with Crippen molar-refractivity contribution in [3.05, 3.63) is 90.3 Å². The lowest BCUT2D eigenvalue weighted by atomic mass is 9.97. The van der Waals surface area contributed by atoms with E-state index in [4.69, 9.17) is 9.97 Å². The molecule has 2 aliphatic rings. The maximum atomic E-state index is 10.5. The fourth-order valence-electron chi connectivity index (χ4n) is 6.40. The summed E-state index contributed by atoms with van der Waals surface area (Å²) in [7, 11) is 4.13. The Morgan fingerprint density at radius 3 is 2.40 bits per heavy atom. The lowest BCUT2D eigenvalue weighted by Gasteiger charge is -2.34. The number of nitrogens with zero attached hydrogens (tertiary/aromatic N) is 4. The Bertz CT molecular complexity index is 1690. The van der Waals surface area contributed by atoms with Crippen molar-refractivity contribution in [1.82, 2.24) is 15.3 Å². The number of hydrogen-bond acceptors (Lipinski definition) is 6. The van der Waals surface area contributed by atoms with Gasteiger partial charge in [-0.1, -0.05) is 42.5 Å². The summed E-state index contributed by atoms with van der Waals surface area (Å²) in [6.07, 6.45) is 4.13. The molecule has 2 saturated heterocycles. The van der Waals surface area contributed by atoms with E-state index in [1.54, 1.807) is 0 Å². The van der Waals surface area contributed by atoms with Crippen molar-refractivity contribution in [1.29, 1.82) is 0 Å². The van der Waals surface area contributed by atoms with Crippen LogP contribution in [-0.2, 0) is 12.8 Å². The molecule has 0 saturated carbocycles. The predicted octanol–water partition coefficient (Wildman–Crippen LogP) is 5.95. The quantitative estimate of drug-likeness (QED) is 0.284. The van der Waals surface area contributed by atoms with Gasteiger partial charge in [0.15, 0.2) is 0 Å². The molecular formula is C34H35N5O. The highest BCUT2D eigenvalue weighted by atomic mass is 16.3. The van der Waals surface area contributed by atoms with Crippen LogP contribution in [0.3, 0.4) is 0 Å². The molecule has 3 heterocycles. The van der Waals surface area contributed by atoms with E-state index in [1.165, 1.54) is 24.1 Å². The molecule has 0 spiro atoms. The number of aromatic hydroxyl groups is 1. The van der Waals surface area contributed by atoms with Crippen molar-refractivity contribution in [2.24, 2.45) is 0 Å². The van der Waals surface area contributed by atoms with E-state index in [-0.39, 0.29) is 5.75 Å². The third-order valence-corrected chi connectivity index (χ3v) is 8.49. The van der Waals surface area contributed by atoms with Crippen molar-refractivity contribution in [2.75, 3.05) is 37.0 Å². The molecular weight excluding hydrogens is 494 g/mol. The highest BCUT2D eigenvalue weighted by Crippen LogP contribution is 2.36. The summed E-state index contributed by atoms with van der Waals surface area (Å²) in [4.78, 5) is 14.9. The summed E-state index contributed by atoms with van der Waals surface area (Å²) in [5, 5.41) is 17.5. The molecule has 6 nitrogen and oxygen atoms in total. The Labute approximate surface area is 235 Å². The molecule has 0 unspecified atom stereocenters. The molecule has 4 aromatic carbocycles. The minimum absolute atomic E-state index is 0.273. The second kappa shape index (κ2) is 10.1. The molecule has 0 radical (unpaired) electrons. The first-order valence-corrected chi connectivity index (χ1v) is 14.3. The molecule has 2 N–H and O–H groups in total. The summed E-state index contributed by atoms with van der Waals surface area (Å²) >= 11 is 0. The first-order chi connectivity index (χ1) is 19.5. The first kappa shape index (κ1) is 24.9. The summed E-state index contributed by atoms with van der Waals surface area (Å²) in [5.41, 5.74) is 5.51. The van der Waals surface area contributed by atoms with Crippen LogP contribution in [0.4, 0.5) is 11.5 Å². The molecule has 2 aliphatic heterocycles. The number of piperazine rings is 1. The Hall–Kier alpha value is -4.16. The van der Waals surface area contributed by atoms with Gasteiger partial charge in [-0.25, -0.2) is 9.97 Å². The van der Waals surface area contributed by atoms with Crippen LogP contribution in [0.25, 0.3) is 32.8 Å². The van der Waals surface area contributed by atoms with Crippen molar-refractivity contribution in [3.8, 4) is 16.9 Å². The Kier molecular flexibility index (Phi) is 6.28. The van der Waals surface area contributed by atoms with E-state index in [0.29, 0.717) is 12.1 Å². The zero-order valence-electron chi connectivity index (χ0n) is 23.1. The third kappa shape index (κ3) is 4.73. The standard InChI is InChI=1S/C34H35N5O/c1-38(2)27-13-7-22(8-14-27)9-16-33-36-32-18-24(31-19-28(40)17-23-5-3-4-6-29(23)31)10-15-30(32)34(37-33)39-20-25-11-12-26(21-39)35-25/h3-8,10,13-15,17-19,25-26,35,40H,9,11-12,16,20-21H2,1-2H3/t25-,26+. The molecule has 0 aliphatic carbocycles. The number of phenols is 1. The Morgan fingerprint density at radius 2 is 1.62 bits per heavy atom. The van der Waals surface area contributed by atoms with Crippen LogP contribution in [0.15, 0.2) is 78.9 Å². The highest BCUT2D eigenvalue weighted by molar-refractivity contribution is 6.00. The molecule has 7 rings (SSSR count). The van der Waals surface area contributed by atoms with Gasteiger partial charge in [-0.2, -0.15) is 0 Å². The van der Waals surface area contributed by atoms with Gasteiger partial charge in [0, 0.05) is 56.8 Å². The Morgan fingerprint density at radius 1 is 0.850 bits per heavy atom. The Balaban J connectivity index is 1.29. The fourth-order valence-corrected chi connectivity index (χ4v) is 6.40. The van der Waals surface area contributed by atoms with Gasteiger partial charge in [-0.05, 0) is 83.1 Å². The molecule has 0 amide bonds. The van der Waals surface area contributed by atoms with Gasteiger partial charge in [0.05, 0.1) is 5.52 Å². The maximum Gasteiger partial charge on any atom is 0.140 e. The van der Waals surface area contributed by atoms with E-state index in [0.717, 1.165) is 70.4 Å². The van der Waals surface area contributed by atoms with E-state index >= 15 is 0 Å². The molecule has 40 heavy (non-hydrogen) atoms. The second-order valence-electron chi connectivity index (χ2n) is 11.5. The fraction of sp³-hybridized carbons (Fsp3) is 0.294. The van der Waals surface area contributed by atoms with Crippen LogP contribution >= 0.6 is 0 Å². The minimum atomic E-state index is 0.273. The van der Waals surface area contributed by atoms with Gasteiger partial charge < -0.3 is 20.2 Å². The third-order valence-electron chi connectivity index (χ3n) is 8.49. The monoisotopic (exact) mass is 529 g/mol. The first-order valence-electron chi connectivity index (χ1n) is 14.3. The molecule has 6 heteroatoms. The van der Waals surface area contributed by atoms with Crippen LogP contribution in [0.5, 0.6) is 5.75 Å². The average Bonchev–Trinajstić information content (AvgIpc) is 3.31. The number of aryl methyl sites for hydroxylation is 2. The highest BCUT2D eigenvalue weighted by Gasteiger charge is 2.33. The normalized spacial score (nSPS) is 18.5. The number of nitrogens with one attached hydrogen (secondary N) is 1. The van der Waals surface area contributed by atoms with E-state index in [9.17, 15) is 5.11 Å². The number of hydrogen-bond donors (Lipinski definition) is 2. The SMILES string of the molecule is CN(C)c1ccc(CCc2nc(N3C[C@H]4CC[C@@H](C3)N4)c3ccc(-c4cc(O)cc5ccccc45)cc3n2)cc1. The summed E-state index contributed by atoms with van der Waals surface area (Å²) < 4.78 is 0. The summed E-state index contributed by atoms with van der Waals surface area (Å²) in [6, 6.07) is 28.2. The van der Waals surface area contributed by atoms with Gasteiger partial charge in [0.2, 0.25) is 0 Å². The molecule has 2 atom stereocenters. The maximum absolute atomic E-state index is 10.5. The van der Waals surface area contributed by atoms with Crippen LogP contribution in [0, 0.1) is 0 Å². The van der Waals surface area contributed by atoms with E-state index < -0.39 is 0 Å². The molecule has 202 valence electrons. The minimum Gasteiger partial charge on any atom is -0.508 e. The van der Waals surface area contributed by atoms with Crippen LogP contribution < -0.4 is 15.1 Å². The summed E-state index contributed by atoms with van der Waals surface area (Å²) in [6.45, 7) is 1.96. The predicted molar refractivity (Wildman–Crippen MR) is 164 cm³/mol. The number of anilines is 2. The average molecular weight is 530 g/mol. The van der Waals surface area contributed by atoms with Crippen LogP contribution in [-0.4, -0.2) is 54.3 Å². The molecule has 2 fully saturated rings. The smallest absolute Gasteiger partial charge is 0.140 e. The summed E-state index contributed by atoms with van der Waals surface area (Å²) in [5.74, 6) is 2.20. The van der Waals surface area contributed by atoms with Crippen molar-refractivity contribution in [2.45, 2.75) is 37.8 Å². The lowest BCUT2D eigenvalue weighted by Crippen LogP contribution is -2.51. The molecule has 5 aromatic rings. The van der Waals surface area contributed by atoms with Crippen LogP contribution in [0.2, 0.25) is 0 Å². The van der Waals surface area contributed by atoms with Crippen molar-refractivity contribution in [3.63, 3.8) is 0 Å². The largest absolute Gasteiger partial charge is 0.508 e. The second-order valence-corrected chi connectivity index (χ2v) is 11.5. The van der Waals surface area contributed by atoms with E-state index in [1.807, 2.05) is 30.3 Å². The van der Waals surface area contributed by atoms with Crippen LogP contribution in [0.1, 0.15) is 24.2 Å². The lowest BCUT2D eigenvalue weighted by molar-refractivity contribution is 0.464. The van der Waals surface area contributed by atoms with Gasteiger partial charge in [0.1, 0.15) is 17.4 Å². The number of benzene rings is 4. The molecule has 2 bridgehead atoms. The van der Waals surface area contributed by atoms with Gasteiger partial charge in [-0.15, -0.1) is 0 Å². The van der Waals surface area contributed by atoms with E-state index in [2.05, 4.69) is 77.7 Å². The number of phenolic OH excluding ortho intramolecular Hbond substituents is 1. The van der Waals surface area contributed by atoms with Crippen molar-refractivity contribution >= 4 is 33.2 Å². The zero-order chi connectivity index (χ0) is 27.2. The number of rotatable bonds is 6. The van der Waals surface area contributed by atoms with Gasteiger partial charge in [0.25, 0.3) is 0 Å². The number of aromatic nitrogens is 2. The number of fused-ring (bicyclic) bond motifs is 4. The van der Waals surface area contributed by atoms with Gasteiger partial charge in [-0.3, -0.25) is 0 Å². The topological polar surface area (TPSA) is 64.5 Å².